The third-order valence-electron chi connectivity index (χ3n) is 5.44. The van der Waals surface area contributed by atoms with Crippen molar-refractivity contribution in [2.45, 2.75) is 19.4 Å². The summed E-state index contributed by atoms with van der Waals surface area (Å²) in [5.41, 5.74) is 2.81. The zero-order valence-corrected chi connectivity index (χ0v) is 19.4. The summed E-state index contributed by atoms with van der Waals surface area (Å²) in [7, 11) is 0. The molecule has 2 N–H and O–H groups in total. The van der Waals surface area contributed by atoms with Gasteiger partial charge in [0.25, 0.3) is 0 Å². The van der Waals surface area contributed by atoms with E-state index in [4.69, 9.17) is 20.4 Å². The third kappa shape index (κ3) is 4.62. The van der Waals surface area contributed by atoms with Crippen LogP contribution in [0.2, 0.25) is 5.02 Å². The van der Waals surface area contributed by atoms with E-state index in [0.29, 0.717) is 27.1 Å². The monoisotopic (exact) mass is 485 g/mol. The number of hydrogen-bond donors (Lipinski definition) is 2. The number of amides is 1. The van der Waals surface area contributed by atoms with Crippen molar-refractivity contribution in [2.75, 3.05) is 12.0 Å². The van der Waals surface area contributed by atoms with Gasteiger partial charge in [-0.15, -0.1) is 0 Å². The van der Waals surface area contributed by atoms with Crippen LogP contribution in [0.4, 0.5) is 0 Å². The van der Waals surface area contributed by atoms with Gasteiger partial charge in [0.2, 0.25) is 5.91 Å². The predicted molar refractivity (Wildman–Crippen MR) is 129 cm³/mol. The molecule has 0 spiro atoms. The van der Waals surface area contributed by atoms with Crippen molar-refractivity contribution in [2.24, 2.45) is 0 Å². The third-order valence-corrected chi connectivity index (χ3v) is 6.36. The Hall–Kier alpha value is -3.23. The smallest absolute Gasteiger partial charge is 0.340 e. The van der Waals surface area contributed by atoms with Gasteiger partial charge >= 0.3 is 11.6 Å². The Morgan fingerprint density at radius 1 is 1.15 bits per heavy atom. The normalized spacial score (nSPS) is 12.2. The fraction of sp³-hybridized carbons (Fsp3) is 0.208. The van der Waals surface area contributed by atoms with Gasteiger partial charge in [-0.3, -0.25) is 4.79 Å². The lowest BCUT2D eigenvalue weighted by molar-refractivity contribution is -0.141. The Labute approximate surface area is 197 Å². The maximum atomic E-state index is 12.6. The Morgan fingerprint density at radius 2 is 1.88 bits per heavy atom. The molecular weight excluding hydrogens is 466 g/mol. The molecule has 2 heterocycles. The molecular formula is C24H20ClNO6S. The highest BCUT2D eigenvalue weighted by Gasteiger charge is 2.22. The van der Waals surface area contributed by atoms with Gasteiger partial charge in [-0.1, -0.05) is 23.7 Å². The van der Waals surface area contributed by atoms with Crippen LogP contribution in [0.3, 0.4) is 0 Å². The van der Waals surface area contributed by atoms with Gasteiger partial charge in [0.05, 0.1) is 18.2 Å². The molecule has 0 fully saturated rings. The summed E-state index contributed by atoms with van der Waals surface area (Å²) in [6.45, 7) is 1.74. The van der Waals surface area contributed by atoms with E-state index in [1.807, 2.05) is 18.2 Å². The molecule has 1 amide bonds. The molecule has 1 atom stereocenters. The number of thioether (sulfide) groups is 1. The van der Waals surface area contributed by atoms with Crippen LogP contribution >= 0.6 is 23.4 Å². The first-order valence-electron chi connectivity index (χ1n) is 10.0. The molecule has 0 aliphatic carbocycles. The first-order valence-corrected chi connectivity index (χ1v) is 11.8. The van der Waals surface area contributed by atoms with Crippen LogP contribution in [0.5, 0.6) is 0 Å². The molecule has 170 valence electrons. The molecule has 0 bridgehead atoms. The molecule has 0 saturated heterocycles. The van der Waals surface area contributed by atoms with E-state index in [0.717, 1.165) is 16.5 Å². The average Bonchev–Trinajstić information content (AvgIpc) is 3.18. The highest BCUT2D eigenvalue weighted by molar-refractivity contribution is 7.98. The van der Waals surface area contributed by atoms with Gasteiger partial charge in [-0.2, -0.15) is 11.8 Å². The van der Waals surface area contributed by atoms with Crippen LogP contribution in [0, 0.1) is 6.92 Å². The summed E-state index contributed by atoms with van der Waals surface area (Å²) in [5.74, 6) is -1.47. The van der Waals surface area contributed by atoms with Gasteiger partial charge in [0.1, 0.15) is 17.2 Å². The average molecular weight is 486 g/mol. The van der Waals surface area contributed by atoms with Crippen LogP contribution in [0.1, 0.15) is 11.1 Å². The van der Waals surface area contributed by atoms with Crippen molar-refractivity contribution < 1.29 is 23.5 Å². The molecule has 0 aliphatic rings. The van der Waals surface area contributed by atoms with Gasteiger partial charge in [-0.25, -0.2) is 9.59 Å². The van der Waals surface area contributed by atoms with E-state index in [9.17, 15) is 19.5 Å². The van der Waals surface area contributed by atoms with Gasteiger partial charge in [0, 0.05) is 33.2 Å². The van der Waals surface area contributed by atoms with E-state index >= 15 is 0 Å². The van der Waals surface area contributed by atoms with Gasteiger partial charge in [-0.05, 0) is 42.5 Å². The Bertz CT molecular complexity index is 1420. The van der Waals surface area contributed by atoms with Crippen molar-refractivity contribution in [1.29, 1.82) is 0 Å². The molecule has 33 heavy (non-hydrogen) atoms. The number of carbonyl (C=O) groups is 2. The fourth-order valence-electron chi connectivity index (χ4n) is 3.71. The summed E-state index contributed by atoms with van der Waals surface area (Å²) >= 11 is 7.30. The van der Waals surface area contributed by atoms with E-state index in [2.05, 4.69) is 5.32 Å². The van der Waals surface area contributed by atoms with Crippen LogP contribution < -0.4 is 10.9 Å². The first kappa shape index (κ1) is 22.9. The van der Waals surface area contributed by atoms with Gasteiger partial charge < -0.3 is 19.3 Å². The number of benzene rings is 2. The van der Waals surface area contributed by atoms with Crippen LogP contribution in [0.25, 0.3) is 33.1 Å². The molecule has 7 nitrogen and oxygen atoms in total. The first-order chi connectivity index (χ1) is 15.8. The Morgan fingerprint density at radius 3 is 2.55 bits per heavy atom. The number of carboxylic acids is 1. The highest BCUT2D eigenvalue weighted by atomic mass is 35.5. The molecule has 4 aromatic rings. The largest absolute Gasteiger partial charge is 0.480 e. The van der Waals surface area contributed by atoms with E-state index in [1.165, 1.54) is 11.8 Å². The molecule has 0 saturated carbocycles. The number of carboxylic acid groups (broad SMARTS) is 1. The highest BCUT2D eigenvalue weighted by Crippen LogP contribution is 2.35. The van der Waals surface area contributed by atoms with Crippen molar-refractivity contribution in [3.05, 3.63) is 69.2 Å². The SMILES string of the molecule is CSCC(NC(=O)Cc1c(C)c2cc3c(-c4ccc(Cl)cc4)coc3cc2oc1=O)C(=O)O. The molecule has 0 aliphatic heterocycles. The van der Waals surface area contributed by atoms with Crippen molar-refractivity contribution in [3.8, 4) is 11.1 Å². The lowest BCUT2D eigenvalue weighted by Gasteiger charge is -2.14. The number of rotatable bonds is 7. The maximum absolute atomic E-state index is 12.6. The molecule has 2 aromatic carbocycles. The number of nitrogens with one attached hydrogen (secondary N) is 1. The number of furan rings is 1. The Balaban J connectivity index is 1.74. The number of halogens is 1. The summed E-state index contributed by atoms with van der Waals surface area (Å²) in [6, 6.07) is 9.84. The molecule has 4 rings (SSSR count). The second-order valence-corrected chi connectivity index (χ2v) is 8.93. The second kappa shape index (κ2) is 9.33. The summed E-state index contributed by atoms with van der Waals surface area (Å²) in [5, 5.41) is 13.8. The summed E-state index contributed by atoms with van der Waals surface area (Å²) < 4.78 is 11.2. The fourth-order valence-corrected chi connectivity index (χ4v) is 4.40. The quantitative estimate of drug-likeness (QED) is 0.367. The van der Waals surface area contributed by atoms with Gasteiger partial charge in [0.15, 0.2) is 0 Å². The minimum Gasteiger partial charge on any atom is -0.480 e. The lowest BCUT2D eigenvalue weighted by Crippen LogP contribution is -2.43. The van der Waals surface area contributed by atoms with Crippen LogP contribution in [-0.4, -0.2) is 35.0 Å². The van der Waals surface area contributed by atoms with Crippen LogP contribution in [-0.2, 0) is 16.0 Å². The minimum atomic E-state index is -1.13. The van der Waals surface area contributed by atoms with E-state index in [1.54, 1.807) is 37.6 Å². The number of carbonyl (C=O) groups excluding carboxylic acids is 1. The van der Waals surface area contributed by atoms with E-state index in [-0.39, 0.29) is 17.7 Å². The van der Waals surface area contributed by atoms with Crippen molar-refractivity contribution >= 4 is 57.2 Å². The topological polar surface area (TPSA) is 110 Å². The standard InChI is InChI=1S/C24H20ClNO6S/c1-12-15-7-17-18(13-3-5-14(25)6-4-13)10-31-20(17)9-21(15)32-24(30)16(12)8-22(27)26-19(11-33-2)23(28)29/h3-7,9-10,19H,8,11H2,1-2H3,(H,26,27)(H,28,29). The number of fused-ring (bicyclic) bond motifs is 2. The second-order valence-electron chi connectivity index (χ2n) is 7.58. The minimum absolute atomic E-state index is 0.184. The van der Waals surface area contributed by atoms with Crippen molar-refractivity contribution in [1.82, 2.24) is 5.32 Å². The summed E-state index contributed by atoms with van der Waals surface area (Å²) in [4.78, 5) is 36.4. The number of hydrogen-bond acceptors (Lipinski definition) is 6. The number of aryl methyl sites for hydroxylation is 1. The van der Waals surface area contributed by atoms with Crippen LogP contribution in [0.15, 0.2) is 56.3 Å². The van der Waals surface area contributed by atoms with Crippen molar-refractivity contribution in [3.63, 3.8) is 0 Å². The molecule has 9 heteroatoms. The zero-order valence-electron chi connectivity index (χ0n) is 17.8. The Kier molecular flexibility index (Phi) is 6.49. The molecule has 2 aromatic heterocycles. The van der Waals surface area contributed by atoms with E-state index < -0.39 is 23.5 Å². The number of aliphatic carboxylic acids is 1. The zero-order chi connectivity index (χ0) is 23.7. The predicted octanol–water partition coefficient (Wildman–Crippen LogP) is 4.64. The molecule has 0 radical (unpaired) electrons. The summed E-state index contributed by atoms with van der Waals surface area (Å²) in [6.07, 6.45) is 3.10. The maximum Gasteiger partial charge on any atom is 0.340 e. The lowest BCUT2D eigenvalue weighted by atomic mass is 9.99. The molecule has 1 unspecified atom stereocenters.